The number of ether oxygens (including phenoxy) is 2. The Kier molecular flexibility index (Phi) is 6.54. The summed E-state index contributed by atoms with van der Waals surface area (Å²) in [6, 6.07) is 19.2. The number of hydrogen-bond acceptors (Lipinski definition) is 6. The van der Waals surface area contributed by atoms with Crippen LogP contribution in [0.15, 0.2) is 71.7 Å². The molecule has 0 bridgehead atoms. The van der Waals surface area contributed by atoms with Crippen LogP contribution in [0.5, 0.6) is 5.75 Å². The number of nitro benzene ring substituents is 1. The smallest absolute Gasteiger partial charge is 0.337 e. The van der Waals surface area contributed by atoms with E-state index in [0.717, 1.165) is 11.1 Å². The number of carbonyl (C=O) groups excluding carboxylic acids is 1. The van der Waals surface area contributed by atoms with Crippen molar-refractivity contribution in [1.29, 1.82) is 0 Å². The summed E-state index contributed by atoms with van der Waals surface area (Å²) >= 11 is 0. The lowest BCUT2D eigenvalue weighted by Gasteiger charge is -2.09. The Balaban J connectivity index is 1.73. The summed E-state index contributed by atoms with van der Waals surface area (Å²) in [4.78, 5) is 26.6. The Bertz CT molecular complexity index is 1090. The molecule has 0 aliphatic rings. The molecule has 0 atom stereocenters. The summed E-state index contributed by atoms with van der Waals surface area (Å²) in [6.45, 7) is 1.99. The molecule has 0 radical (unpaired) electrons. The van der Waals surface area contributed by atoms with Crippen LogP contribution in [0.4, 0.5) is 11.4 Å². The maximum atomic E-state index is 11.5. The van der Waals surface area contributed by atoms with Crippen molar-refractivity contribution in [2.45, 2.75) is 13.5 Å². The first-order valence-electron chi connectivity index (χ1n) is 9.16. The third kappa shape index (κ3) is 5.08. The van der Waals surface area contributed by atoms with Crippen molar-refractivity contribution in [2.75, 3.05) is 7.11 Å². The van der Waals surface area contributed by atoms with E-state index >= 15 is 0 Å². The molecule has 152 valence electrons. The van der Waals surface area contributed by atoms with Gasteiger partial charge in [0.2, 0.25) is 0 Å². The Morgan fingerprint density at radius 2 is 1.83 bits per heavy atom. The molecule has 7 nitrogen and oxygen atoms in total. The second-order valence-electron chi connectivity index (χ2n) is 6.50. The topological polar surface area (TPSA) is 91.0 Å². The van der Waals surface area contributed by atoms with Gasteiger partial charge in [0, 0.05) is 23.4 Å². The van der Waals surface area contributed by atoms with Gasteiger partial charge >= 0.3 is 5.97 Å². The lowest BCUT2D eigenvalue weighted by atomic mass is 10.1. The van der Waals surface area contributed by atoms with E-state index in [1.165, 1.54) is 13.2 Å². The summed E-state index contributed by atoms with van der Waals surface area (Å²) in [6.07, 6.45) is 1.62. The number of methoxy groups -OCH3 is 1. The molecule has 0 amide bonds. The molecular formula is C23H20N2O5. The van der Waals surface area contributed by atoms with Crippen LogP contribution in [0.2, 0.25) is 0 Å². The van der Waals surface area contributed by atoms with Crippen LogP contribution < -0.4 is 4.74 Å². The number of esters is 1. The number of nitro groups is 1. The molecule has 3 aromatic carbocycles. The van der Waals surface area contributed by atoms with Gasteiger partial charge in [-0.1, -0.05) is 30.3 Å². The lowest BCUT2D eigenvalue weighted by molar-refractivity contribution is -0.385. The summed E-state index contributed by atoms with van der Waals surface area (Å²) < 4.78 is 10.6. The molecule has 0 spiro atoms. The monoisotopic (exact) mass is 404 g/mol. The van der Waals surface area contributed by atoms with Gasteiger partial charge in [0.15, 0.2) is 0 Å². The number of rotatable bonds is 7. The molecule has 3 aromatic rings. The van der Waals surface area contributed by atoms with Gasteiger partial charge in [0.05, 0.1) is 23.3 Å². The van der Waals surface area contributed by atoms with Gasteiger partial charge in [-0.3, -0.25) is 15.1 Å². The van der Waals surface area contributed by atoms with Crippen molar-refractivity contribution in [3.63, 3.8) is 0 Å². The quantitative estimate of drug-likeness (QED) is 0.239. The van der Waals surface area contributed by atoms with Crippen LogP contribution in [0.1, 0.15) is 27.0 Å². The van der Waals surface area contributed by atoms with E-state index < -0.39 is 4.92 Å². The van der Waals surface area contributed by atoms with Crippen molar-refractivity contribution in [3.05, 3.63) is 99.1 Å². The van der Waals surface area contributed by atoms with Gasteiger partial charge in [0.1, 0.15) is 12.4 Å². The molecule has 0 aromatic heterocycles. The first-order valence-corrected chi connectivity index (χ1v) is 9.16. The standard InChI is InChI=1S/C23H20N2O5/c1-16-7-12-20(13-21(16)25(27)28)24-14-19-5-3-4-6-22(19)30-15-17-8-10-18(11-9-17)23(26)29-2/h3-14H,15H2,1-2H3. The average molecular weight is 404 g/mol. The van der Waals surface area contributed by atoms with Gasteiger partial charge in [-0.15, -0.1) is 0 Å². The van der Waals surface area contributed by atoms with E-state index in [1.54, 1.807) is 49.5 Å². The van der Waals surface area contributed by atoms with E-state index in [9.17, 15) is 14.9 Å². The number of aryl methyl sites for hydroxylation is 1. The molecule has 0 unspecified atom stereocenters. The molecule has 0 aliphatic heterocycles. The molecule has 3 rings (SSSR count). The fourth-order valence-corrected chi connectivity index (χ4v) is 2.75. The van der Waals surface area contributed by atoms with Crippen molar-refractivity contribution < 1.29 is 19.2 Å². The largest absolute Gasteiger partial charge is 0.488 e. The lowest BCUT2D eigenvalue weighted by Crippen LogP contribution is -2.02. The molecule has 0 saturated carbocycles. The fraction of sp³-hybridized carbons (Fsp3) is 0.130. The molecule has 0 N–H and O–H groups in total. The van der Waals surface area contributed by atoms with Gasteiger partial charge in [-0.05, 0) is 42.8 Å². The Morgan fingerprint density at radius 1 is 1.10 bits per heavy atom. The highest BCUT2D eigenvalue weighted by molar-refractivity contribution is 5.89. The maximum Gasteiger partial charge on any atom is 0.337 e. The van der Waals surface area contributed by atoms with Gasteiger partial charge in [0.25, 0.3) is 5.69 Å². The number of hydrogen-bond donors (Lipinski definition) is 0. The highest BCUT2D eigenvalue weighted by atomic mass is 16.6. The third-order valence-corrected chi connectivity index (χ3v) is 4.43. The number of nitrogens with zero attached hydrogens (tertiary/aromatic N) is 2. The second-order valence-corrected chi connectivity index (χ2v) is 6.50. The van der Waals surface area contributed by atoms with Gasteiger partial charge < -0.3 is 9.47 Å². The van der Waals surface area contributed by atoms with Crippen LogP contribution in [0.3, 0.4) is 0 Å². The summed E-state index contributed by atoms with van der Waals surface area (Å²) in [5.74, 6) is 0.236. The van der Waals surface area contributed by atoms with Crippen LogP contribution >= 0.6 is 0 Å². The second kappa shape index (κ2) is 9.47. The van der Waals surface area contributed by atoms with E-state index in [4.69, 9.17) is 4.74 Å². The minimum absolute atomic E-state index is 0.0320. The zero-order valence-electron chi connectivity index (χ0n) is 16.6. The Labute approximate surface area is 173 Å². The van der Waals surface area contributed by atoms with Crippen molar-refractivity contribution in [2.24, 2.45) is 4.99 Å². The Hall–Kier alpha value is -4.00. The van der Waals surface area contributed by atoms with Crippen molar-refractivity contribution >= 4 is 23.6 Å². The number of carbonyl (C=O) groups is 1. The first-order chi connectivity index (χ1) is 14.5. The van der Waals surface area contributed by atoms with Gasteiger partial charge in [-0.2, -0.15) is 0 Å². The van der Waals surface area contributed by atoms with Crippen molar-refractivity contribution in [3.8, 4) is 5.75 Å². The highest BCUT2D eigenvalue weighted by Crippen LogP contribution is 2.25. The van der Waals surface area contributed by atoms with Crippen molar-refractivity contribution in [1.82, 2.24) is 0 Å². The minimum atomic E-state index is -0.420. The molecular weight excluding hydrogens is 384 g/mol. The zero-order chi connectivity index (χ0) is 21.5. The number of benzene rings is 3. The molecule has 0 saturated heterocycles. The van der Waals surface area contributed by atoms with E-state index in [0.29, 0.717) is 29.2 Å². The minimum Gasteiger partial charge on any atom is -0.488 e. The predicted molar refractivity (Wildman–Crippen MR) is 114 cm³/mol. The number of aliphatic imine (C=N–C) groups is 1. The third-order valence-electron chi connectivity index (χ3n) is 4.43. The maximum absolute atomic E-state index is 11.5. The number of para-hydroxylation sites is 1. The van der Waals surface area contributed by atoms with Crippen LogP contribution in [0.25, 0.3) is 0 Å². The molecule has 0 heterocycles. The predicted octanol–water partition coefficient (Wildman–Crippen LogP) is 5.02. The molecule has 0 fully saturated rings. The van der Waals surface area contributed by atoms with Crippen LogP contribution in [0, 0.1) is 17.0 Å². The zero-order valence-corrected chi connectivity index (χ0v) is 16.6. The molecule has 30 heavy (non-hydrogen) atoms. The summed E-state index contributed by atoms with van der Waals surface area (Å²) in [5, 5.41) is 11.1. The Morgan fingerprint density at radius 3 is 2.53 bits per heavy atom. The molecule has 0 aliphatic carbocycles. The summed E-state index contributed by atoms with van der Waals surface area (Å²) in [5.41, 5.74) is 3.21. The fourth-order valence-electron chi connectivity index (χ4n) is 2.75. The summed E-state index contributed by atoms with van der Waals surface area (Å²) in [7, 11) is 1.34. The van der Waals surface area contributed by atoms with E-state index in [1.807, 2.05) is 24.3 Å². The van der Waals surface area contributed by atoms with E-state index in [2.05, 4.69) is 9.73 Å². The SMILES string of the molecule is COC(=O)c1ccc(COc2ccccc2C=Nc2ccc(C)c([N+](=O)[O-])c2)cc1. The first kappa shape index (κ1) is 20.7. The van der Waals surface area contributed by atoms with Gasteiger partial charge in [-0.25, -0.2) is 4.79 Å². The average Bonchev–Trinajstić information content (AvgIpc) is 2.77. The highest BCUT2D eigenvalue weighted by Gasteiger charge is 2.10. The van der Waals surface area contributed by atoms with E-state index in [-0.39, 0.29) is 11.7 Å². The normalized spacial score (nSPS) is 10.7. The van der Waals surface area contributed by atoms with Crippen LogP contribution in [-0.4, -0.2) is 24.2 Å². The molecule has 7 heteroatoms. The van der Waals surface area contributed by atoms with Crippen LogP contribution in [-0.2, 0) is 11.3 Å².